The molecule has 2 aromatic rings. The fraction of sp³-hybridized carbons (Fsp3) is 0.435. The average molecular weight is 467 g/mol. The first kappa shape index (κ1) is 22.8. The normalized spacial score (nSPS) is 20.6. The van der Waals surface area contributed by atoms with Crippen LogP contribution in [0.5, 0.6) is 0 Å². The number of nitrogens with zero attached hydrogens (tertiary/aromatic N) is 2. The van der Waals surface area contributed by atoms with Gasteiger partial charge in [-0.25, -0.2) is 21.6 Å². The second kappa shape index (κ2) is 9.23. The fourth-order valence-electron chi connectivity index (χ4n) is 4.67. The summed E-state index contributed by atoms with van der Waals surface area (Å²) in [5.74, 6) is -2.47. The standard InChI is InChI=1S/C23H25F3N2O3S/c24-18-4-1-3-16(13-18)14-20-5-2-10-28(20)23(29)17-8-11-27(12-9-17)32(30,31)22-15-19(25)6-7-21(22)26/h1,3-4,6-7,13,15,17,20H,2,5,8-12,14H2. The summed E-state index contributed by atoms with van der Waals surface area (Å²) in [6, 6.07) is 8.72. The molecule has 0 aromatic heterocycles. The molecule has 4 rings (SSSR count). The van der Waals surface area contributed by atoms with Crippen LogP contribution in [0.4, 0.5) is 13.2 Å². The third-order valence-corrected chi connectivity index (χ3v) is 8.25. The van der Waals surface area contributed by atoms with Gasteiger partial charge in [-0.15, -0.1) is 0 Å². The van der Waals surface area contributed by atoms with Crippen molar-refractivity contribution in [3.8, 4) is 0 Å². The van der Waals surface area contributed by atoms with Gasteiger partial charge in [0.1, 0.15) is 22.3 Å². The van der Waals surface area contributed by atoms with Crippen LogP contribution in [0, 0.1) is 23.4 Å². The number of hydrogen-bond donors (Lipinski definition) is 0. The molecular formula is C23H25F3N2O3S. The summed E-state index contributed by atoms with van der Waals surface area (Å²) in [5, 5.41) is 0. The van der Waals surface area contributed by atoms with Crippen LogP contribution >= 0.6 is 0 Å². The Bertz CT molecular complexity index is 1100. The molecule has 5 nitrogen and oxygen atoms in total. The van der Waals surface area contributed by atoms with Gasteiger partial charge in [0, 0.05) is 31.6 Å². The molecule has 172 valence electrons. The molecule has 0 spiro atoms. The Morgan fingerprint density at radius 3 is 2.38 bits per heavy atom. The van der Waals surface area contributed by atoms with Crippen molar-refractivity contribution in [3.63, 3.8) is 0 Å². The number of piperidine rings is 1. The first-order valence-electron chi connectivity index (χ1n) is 10.8. The van der Waals surface area contributed by atoms with Crippen molar-refractivity contribution in [2.45, 2.75) is 43.0 Å². The van der Waals surface area contributed by atoms with Gasteiger partial charge in [0.15, 0.2) is 0 Å². The second-order valence-corrected chi connectivity index (χ2v) is 10.3. The summed E-state index contributed by atoms with van der Waals surface area (Å²) < 4.78 is 67.7. The predicted molar refractivity (Wildman–Crippen MR) is 113 cm³/mol. The number of amides is 1. The zero-order valence-corrected chi connectivity index (χ0v) is 18.3. The first-order chi connectivity index (χ1) is 15.3. The number of hydrogen-bond acceptors (Lipinski definition) is 3. The van der Waals surface area contributed by atoms with Crippen LogP contribution < -0.4 is 0 Å². The summed E-state index contributed by atoms with van der Waals surface area (Å²) in [6.45, 7) is 0.764. The Kier molecular flexibility index (Phi) is 6.57. The van der Waals surface area contributed by atoms with Crippen LogP contribution in [-0.2, 0) is 21.2 Å². The molecule has 1 amide bonds. The van der Waals surface area contributed by atoms with E-state index in [-0.39, 0.29) is 36.8 Å². The Hall–Kier alpha value is -2.39. The third kappa shape index (κ3) is 4.68. The van der Waals surface area contributed by atoms with Gasteiger partial charge in [0.25, 0.3) is 0 Å². The number of benzene rings is 2. The molecule has 2 aliphatic rings. The van der Waals surface area contributed by atoms with Crippen molar-refractivity contribution in [2.75, 3.05) is 19.6 Å². The van der Waals surface area contributed by atoms with Gasteiger partial charge in [-0.3, -0.25) is 4.79 Å². The summed E-state index contributed by atoms with van der Waals surface area (Å²) in [5.41, 5.74) is 0.840. The Balaban J connectivity index is 1.40. The summed E-state index contributed by atoms with van der Waals surface area (Å²) in [7, 11) is -4.18. The average Bonchev–Trinajstić information content (AvgIpc) is 3.23. The van der Waals surface area contributed by atoms with Gasteiger partial charge in [0.2, 0.25) is 15.9 Å². The van der Waals surface area contributed by atoms with E-state index in [9.17, 15) is 26.4 Å². The second-order valence-electron chi connectivity index (χ2n) is 8.41. The van der Waals surface area contributed by atoms with E-state index in [1.54, 1.807) is 6.07 Å². The molecule has 0 radical (unpaired) electrons. The lowest BCUT2D eigenvalue weighted by molar-refractivity contribution is -0.137. The minimum Gasteiger partial charge on any atom is -0.339 e. The van der Waals surface area contributed by atoms with Crippen LogP contribution in [0.1, 0.15) is 31.2 Å². The molecule has 1 unspecified atom stereocenters. The van der Waals surface area contributed by atoms with E-state index in [1.807, 2.05) is 11.0 Å². The predicted octanol–water partition coefficient (Wildman–Crippen LogP) is 3.74. The largest absolute Gasteiger partial charge is 0.339 e. The van der Waals surface area contributed by atoms with Crippen molar-refractivity contribution in [1.82, 2.24) is 9.21 Å². The van der Waals surface area contributed by atoms with Gasteiger partial charge in [-0.1, -0.05) is 12.1 Å². The van der Waals surface area contributed by atoms with Gasteiger partial charge >= 0.3 is 0 Å². The highest BCUT2D eigenvalue weighted by Gasteiger charge is 2.38. The molecule has 0 N–H and O–H groups in total. The van der Waals surface area contributed by atoms with E-state index in [0.717, 1.165) is 34.8 Å². The van der Waals surface area contributed by atoms with E-state index in [4.69, 9.17) is 0 Å². The van der Waals surface area contributed by atoms with Crippen LogP contribution in [0.2, 0.25) is 0 Å². The highest BCUT2D eigenvalue weighted by molar-refractivity contribution is 7.89. The molecule has 0 saturated carbocycles. The number of carbonyl (C=O) groups is 1. The topological polar surface area (TPSA) is 57.7 Å². The van der Waals surface area contributed by atoms with E-state index in [1.165, 1.54) is 12.1 Å². The van der Waals surface area contributed by atoms with E-state index >= 15 is 0 Å². The summed E-state index contributed by atoms with van der Waals surface area (Å²) >= 11 is 0. The SMILES string of the molecule is O=C(C1CCN(S(=O)(=O)c2cc(F)ccc2F)CC1)N1CCCC1Cc1cccc(F)c1. The van der Waals surface area contributed by atoms with Crippen molar-refractivity contribution >= 4 is 15.9 Å². The summed E-state index contributed by atoms with van der Waals surface area (Å²) in [4.78, 5) is 14.3. The molecule has 2 heterocycles. The van der Waals surface area contributed by atoms with Crippen molar-refractivity contribution in [2.24, 2.45) is 5.92 Å². The third-order valence-electron chi connectivity index (χ3n) is 6.33. The minimum atomic E-state index is -4.18. The Morgan fingerprint density at radius 1 is 0.938 bits per heavy atom. The molecule has 2 fully saturated rings. The zero-order valence-electron chi connectivity index (χ0n) is 17.5. The summed E-state index contributed by atoms with van der Waals surface area (Å²) in [6.07, 6.45) is 2.93. The monoisotopic (exact) mass is 466 g/mol. The number of likely N-dealkylation sites (tertiary alicyclic amines) is 1. The lowest BCUT2D eigenvalue weighted by Gasteiger charge is -2.34. The quantitative estimate of drug-likeness (QED) is 0.675. The molecule has 32 heavy (non-hydrogen) atoms. The van der Waals surface area contributed by atoms with Crippen LogP contribution in [0.3, 0.4) is 0 Å². The highest BCUT2D eigenvalue weighted by atomic mass is 32.2. The van der Waals surface area contributed by atoms with Gasteiger partial charge in [-0.05, 0) is 68.0 Å². The molecule has 9 heteroatoms. The van der Waals surface area contributed by atoms with E-state index in [0.29, 0.717) is 31.9 Å². The van der Waals surface area contributed by atoms with Crippen LogP contribution in [-0.4, -0.2) is 49.2 Å². The molecule has 2 aromatic carbocycles. The number of sulfonamides is 1. The number of rotatable bonds is 5. The molecule has 0 aliphatic carbocycles. The lowest BCUT2D eigenvalue weighted by Crippen LogP contribution is -2.46. The van der Waals surface area contributed by atoms with Crippen molar-refractivity contribution in [3.05, 3.63) is 65.5 Å². The van der Waals surface area contributed by atoms with Crippen LogP contribution in [0.15, 0.2) is 47.4 Å². The maximum atomic E-state index is 14.0. The maximum absolute atomic E-state index is 14.0. The van der Waals surface area contributed by atoms with Crippen molar-refractivity contribution in [1.29, 1.82) is 0 Å². The molecule has 2 saturated heterocycles. The van der Waals surface area contributed by atoms with Gasteiger partial charge in [-0.2, -0.15) is 4.31 Å². The highest BCUT2D eigenvalue weighted by Crippen LogP contribution is 2.30. The number of halogens is 3. The van der Waals surface area contributed by atoms with Gasteiger partial charge < -0.3 is 4.90 Å². The van der Waals surface area contributed by atoms with E-state index in [2.05, 4.69) is 0 Å². The van der Waals surface area contributed by atoms with Gasteiger partial charge in [0.05, 0.1) is 0 Å². The van der Waals surface area contributed by atoms with E-state index < -0.39 is 26.6 Å². The Labute approximate surface area is 185 Å². The molecule has 1 atom stereocenters. The molecule has 2 aliphatic heterocycles. The minimum absolute atomic E-state index is 0.00699. The number of carbonyl (C=O) groups excluding carboxylic acids is 1. The Morgan fingerprint density at radius 2 is 1.66 bits per heavy atom. The lowest BCUT2D eigenvalue weighted by atomic mass is 9.95. The smallest absolute Gasteiger partial charge is 0.246 e. The van der Waals surface area contributed by atoms with Crippen LogP contribution in [0.25, 0.3) is 0 Å². The zero-order chi connectivity index (χ0) is 22.9. The molecular weight excluding hydrogens is 441 g/mol. The fourth-order valence-corrected chi connectivity index (χ4v) is 6.21. The maximum Gasteiger partial charge on any atom is 0.246 e. The van der Waals surface area contributed by atoms with Crippen molar-refractivity contribution < 1.29 is 26.4 Å². The first-order valence-corrected chi connectivity index (χ1v) is 12.2. The molecule has 0 bridgehead atoms.